The van der Waals surface area contributed by atoms with E-state index in [4.69, 9.17) is 9.47 Å². The van der Waals surface area contributed by atoms with Crippen LogP contribution in [0.2, 0.25) is 0 Å². The van der Waals surface area contributed by atoms with Crippen molar-refractivity contribution in [3.05, 3.63) is 71.8 Å². The number of carbonyl (C=O) groups excluding carboxylic acids is 3. The van der Waals surface area contributed by atoms with E-state index in [2.05, 4.69) is 5.32 Å². The van der Waals surface area contributed by atoms with Crippen molar-refractivity contribution >= 4 is 18.0 Å². The van der Waals surface area contributed by atoms with E-state index in [1.54, 1.807) is 39.8 Å². The molecule has 2 aromatic carbocycles. The second kappa shape index (κ2) is 12.7. The third-order valence-electron chi connectivity index (χ3n) is 4.93. The minimum atomic E-state index is -1.27. The highest BCUT2D eigenvalue weighted by Crippen LogP contribution is 2.16. The summed E-state index contributed by atoms with van der Waals surface area (Å²) in [7, 11) is 0. The average molecular weight is 471 g/mol. The fourth-order valence-electron chi connectivity index (χ4n) is 3.26. The van der Waals surface area contributed by atoms with Gasteiger partial charge in [0.25, 0.3) is 0 Å². The maximum atomic E-state index is 13.3. The fraction of sp³-hybridized carbons (Fsp3) is 0.423. The zero-order valence-electron chi connectivity index (χ0n) is 20.2. The first-order chi connectivity index (χ1) is 16.1. The Morgan fingerprint density at radius 2 is 1.53 bits per heavy atom. The number of nitrogens with one attached hydrogen (secondary N) is 1. The van der Waals surface area contributed by atoms with Gasteiger partial charge in [-0.1, -0.05) is 60.7 Å². The van der Waals surface area contributed by atoms with Gasteiger partial charge in [0.05, 0.1) is 6.61 Å². The number of aliphatic hydroxyl groups is 1. The molecule has 2 rings (SSSR count). The topological polar surface area (TPSA) is 105 Å². The van der Waals surface area contributed by atoms with E-state index >= 15 is 0 Å². The lowest BCUT2D eigenvalue weighted by Crippen LogP contribution is -2.55. The fourth-order valence-corrected chi connectivity index (χ4v) is 3.26. The largest absolute Gasteiger partial charge is 0.459 e. The molecule has 0 fully saturated rings. The monoisotopic (exact) mass is 470 g/mol. The quantitative estimate of drug-likeness (QED) is 0.517. The molecule has 2 aromatic rings. The summed E-state index contributed by atoms with van der Waals surface area (Å²) in [6.07, 6.45) is -0.435. The lowest BCUT2D eigenvalue weighted by Gasteiger charge is -2.32. The summed E-state index contributed by atoms with van der Waals surface area (Å²) in [6, 6.07) is 16.1. The molecule has 0 aliphatic carbocycles. The Bertz CT molecular complexity index is 927. The van der Waals surface area contributed by atoms with Crippen molar-refractivity contribution in [2.24, 2.45) is 0 Å². The maximum absolute atomic E-state index is 13.3. The van der Waals surface area contributed by atoms with Crippen molar-refractivity contribution in [3.63, 3.8) is 0 Å². The van der Waals surface area contributed by atoms with E-state index in [1.807, 2.05) is 48.5 Å². The van der Waals surface area contributed by atoms with Crippen LogP contribution in [0.3, 0.4) is 0 Å². The molecular formula is C26H34N2O6. The summed E-state index contributed by atoms with van der Waals surface area (Å²) in [5, 5.41) is 12.3. The highest BCUT2D eigenvalue weighted by molar-refractivity contribution is 5.90. The first kappa shape index (κ1) is 26.9. The predicted octanol–water partition coefficient (Wildman–Crippen LogP) is 3.08. The van der Waals surface area contributed by atoms with E-state index in [-0.39, 0.29) is 19.6 Å². The summed E-state index contributed by atoms with van der Waals surface area (Å²) in [6.45, 7) is 6.56. The molecule has 0 bridgehead atoms. The predicted molar refractivity (Wildman–Crippen MR) is 128 cm³/mol. The molecule has 0 heterocycles. The molecule has 34 heavy (non-hydrogen) atoms. The van der Waals surface area contributed by atoms with Crippen LogP contribution in [0, 0.1) is 0 Å². The number of amides is 2. The Morgan fingerprint density at radius 1 is 0.971 bits per heavy atom. The molecule has 8 nitrogen and oxygen atoms in total. The number of aliphatic hydroxyl groups excluding tert-OH is 1. The van der Waals surface area contributed by atoms with Crippen LogP contribution in [0.5, 0.6) is 0 Å². The van der Waals surface area contributed by atoms with Gasteiger partial charge in [-0.2, -0.15) is 0 Å². The molecule has 2 amide bonds. The molecule has 2 unspecified atom stereocenters. The van der Waals surface area contributed by atoms with Crippen molar-refractivity contribution in [1.82, 2.24) is 10.2 Å². The van der Waals surface area contributed by atoms with Crippen LogP contribution in [-0.4, -0.2) is 58.8 Å². The van der Waals surface area contributed by atoms with Gasteiger partial charge < -0.3 is 19.9 Å². The number of hydrogen-bond donors (Lipinski definition) is 2. The van der Waals surface area contributed by atoms with E-state index in [0.717, 1.165) is 11.1 Å². The molecular weight excluding hydrogens is 436 g/mol. The normalized spacial score (nSPS) is 12.9. The molecule has 2 atom stereocenters. The Labute approximate surface area is 200 Å². The number of likely N-dealkylation sites (N-methyl/N-ethyl adjacent to an activating group) is 1. The van der Waals surface area contributed by atoms with Crippen LogP contribution in [0.1, 0.15) is 38.8 Å². The van der Waals surface area contributed by atoms with Gasteiger partial charge in [0.15, 0.2) is 6.04 Å². The van der Waals surface area contributed by atoms with E-state index in [0.29, 0.717) is 0 Å². The summed E-state index contributed by atoms with van der Waals surface area (Å²) < 4.78 is 10.8. The summed E-state index contributed by atoms with van der Waals surface area (Å²) in [5.41, 5.74) is 0.868. The minimum absolute atomic E-state index is 0.0124. The molecule has 8 heteroatoms. The molecule has 0 saturated heterocycles. The van der Waals surface area contributed by atoms with Crippen LogP contribution in [0.25, 0.3) is 0 Å². The third kappa shape index (κ3) is 8.51. The van der Waals surface area contributed by atoms with Gasteiger partial charge in [0.1, 0.15) is 18.2 Å². The maximum Gasteiger partial charge on any atom is 0.410 e. The molecule has 2 N–H and O–H groups in total. The minimum Gasteiger partial charge on any atom is -0.459 e. The Hall–Kier alpha value is -3.39. The van der Waals surface area contributed by atoms with Crippen LogP contribution < -0.4 is 5.32 Å². The first-order valence-electron chi connectivity index (χ1n) is 11.3. The SMILES string of the molecule is CCN(C(=O)OC(C)(C)C)C(Cc1ccccc1)C(=O)NC(CO)C(=O)OCc1ccccc1. The highest BCUT2D eigenvalue weighted by atomic mass is 16.6. The molecule has 0 aromatic heterocycles. The molecule has 0 aliphatic heterocycles. The number of nitrogens with zero attached hydrogens (tertiary/aromatic N) is 1. The number of benzene rings is 2. The van der Waals surface area contributed by atoms with Gasteiger partial charge >= 0.3 is 12.1 Å². The Balaban J connectivity index is 2.17. The standard InChI is InChI=1S/C26H34N2O6/c1-5-28(25(32)34-26(2,3)4)22(16-19-12-8-6-9-13-19)23(30)27-21(17-29)24(31)33-18-20-14-10-7-11-15-20/h6-15,21-22,29H,5,16-18H2,1-4H3,(H,27,30). The van der Waals surface area contributed by atoms with Crippen molar-refractivity contribution in [2.45, 2.75) is 58.4 Å². The summed E-state index contributed by atoms with van der Waals surface area (Å²) in [5.74, 6) is -1.36. The molecule has 0 radical (unpaired) electrons. The first-order valence-corrected chi connectivity index (χ1v) is 11.3. The number of rotatable bonds is 10. The molecule has 0 saturated carbocycles. The second-order valence-electron chi connectivity index (χ2n) is 8.81. The number of carbonyl (C=O) groups is 3. The van der Waals surface area contributed by atoms with Crippen LogP contribution in [0.15, 0.2) is 60.7 Å². The smallest absolute Gasteiger partial charge is 0.410 e. The van der Waals surface area contributed by atoms with Gasteiger partial charge in [-0.25, -0.2) is 9.59 Å². The lowest BCUT2D eigenvalue weighted by molar-refractivity contribution is -0.150. The van der Waals surface area contributed by atoms with E-state index in [1.165, 1.54) is 4.90 Å². The Morgan fingerprint density at radius 3 is 2.03 bits per heavy atom. The number of ether oxygens (including phenoxy) is 2. The average Bonchev–Trinajstić information content (AvgIpc) is 2.80. The van der Waals surface area contributed by atoms with Crippen molar-refractivity contribution in [3.8, 4) is 0 Å². The van der Waals surface area contributed by atoms with Gasteiger partial charge in [-0.05, 0) is 38.8 Å². The third-order valence-corrected chi connectivity index (χ3v) is 4.93. The lowest BCUT2D eigenvalue weighted by atomic mass is 10.0. The summed E-state index contributed by atoms with van der Waals surface area (Å²) in [4.78, 5) is 40.0. The summed E-state index contributed by atoms with van der Waals surface area (Å²) >= 11 is 0. The molecule has 0 spiro atoms. The second-order valence-corrected chi connectivity index (χ2v) is 8.81. The van der Waals surface area contributed by atoms with Crippen LogP contribution in [-0.2, 0) is 32.1 Å². The van der Waals surface area contributed by atoms with Gasteiger partial charge in [0.2, 0.25) is 5.91 Å². The van der Waals surface area contributed by atoms with Crippen molar-refractivity contribution in [2.75, 3.05) is 13.2 Å². The van der Waals surface area contributed by atoms with Gasteiger partial charge in [-0.3, -0.25) is 9.69 Å². The zero-order chi connectivity index (χ0) is 25.1. The van der Waals surface area contributed by atoms with Crippen LogP contribution in [0.4, 0.5) is 4.79 Å². The van der Waals surface area contributed by atoms with Crippen molar-refractivity contribution < 1.29 is 29.0 Å². The number of hydrogen-bond acceptors (Lipinski definition) is 6. The van der Waals surface area contributed by atoms with Gasteiger partial charge in [-0.15, -0.1) is 0 Å². The molecule has 184 valence electrons. The molecule has 0 aliphatic rings. The highest BCUT2D eigenvalue weighted by Gasteiger charge is 2.34. The van der Waals surface area contributed by atoms with E-state index in [9.17, 15) is 19.5 Å². The Kier molecular flexibility index (Phi) is 10.1. The van der Waals surface area contributed by atoms with Crippen molar-refractivity contribution in [1.29, 1.82) is 0 Å². The number of esters is 1. The van der Waals surface area contributed by atoms with Gasteiger partial charge in [0, 0.05) is 13.0 Å². The zero-order valence-corrected chi connectivity index (χ0v) is 20.2. The van der Waals surface area contributed by atoms with E-state index < -0.39 is 42.3 Å². The van der Waals surface area contributed by atoms with Crippen LogP contribution >= 0.6 is 0 Å².